The molecule has 132 valence electrons. The van der Waals surface area contributed by atoms with Crippen molar-refractivity contribution in [3.8, 4) is 17.2 Å². The van der Waals surface area contributed by atoms with Crippen molar-refractivity contribution in [3.05, 3.63) is 66.2 Å². The lowest BCUT2D eigenvalue weighted by Gasteiger charge is -2.27. The molecule has 26 heavy (non-hydrogen) atoms. The molecule has 0 radical (unpaired) electrons. The number of ether oxygens (including phenoxy) is 2. The molecule has 1 amide bonds. The van der Waals surface area contributed by atoms with Crippen LogP contribution in [0.1, 0.15) is 15.9 Å². The fraction of sp³-hybridized carbons (Fsp3) is 0.211. The van der Waals surface area contributed by atoms with Crippen LogP contribution in [0.15, 0.2) is 55.1 Å². The molecule has 4 rings (SSSR count). The van der Waals surface area contributed by atoms with E-state index in [1.165, 1.54) is 0 Å². The Morgan fingerprint density at radius 3 is 2.85 bits per heavy atom. The Kier molecular flexibility index (Phi) is 4.27. The Balaban J connectivity index is 1.48. The van der Waals surface area contributed by atoms with Gasteiger partial charge in [-0.25, -0.2) is 0 Å². The predicted octanol–water partition coefficient (Wildman–Crippen LogP) is 2.01. The fourth-order valence-corrected chi connectivity index (χ4v) is 3.06. The smallest absolute Gasteiger partial charge is 0.251 e. The number of nitrogens with one attached hydrogen (secondary N) is 1. The number of amides is 1. The summed E-state index contributed by atoms with van der Waals surface area (Å²) in [5, 5.41) is 10.6. The number of methoxy groups -OCH3 is 1. The van der Waals surface area contributed by atoms with Gasteiger partial charge in [-0.2, -0.15) is 0 Å². The maximum atomic E-state index is 12.6. The van der Waals surface area contributed by atoms with E-state index in [0.717, 1.165) is 17.0 Å². The van der Waals surface area contributed by atoms with Crippen LogP contribution in [0, 0.1) is 0 Å². The number of para-hydroxylation sites is 1. The summed E-state index contributed by atoms with van der Waals surface area (Å²) in [7, 11) is 1.62. The molecule has 0 bridgehead atoms. The first-order chi connectivity index (χ1) is 12.7. The third-order valence-corrected chi connectivity index (χ3v) is 4.34. The van der Waals surface area contributed by atoms with Gasteiger partial charge in [0.1, 0.15) is 19.3 Å². The van der Waals surface area contributed by atoms with Crippen molar-refractivity contribution in [2.45, 2.75) is 12.5 Å². The summed E-state index contributed by atoms with van der Waals surface area (Å²) >= 11 is 0. The molecule has 1 unspecified atom stereocenters. The number of aromatic nitrogens is 3. The van der Waals surface area contributed by atoms with Gasteiger partial charge in [0.05, 0.1) is 13.2 Å². The van der Waals surface area contributed by atoms with E-state index in [4.69, 9.17) is 9.47 Å². The largest absolute Gasteiger partial charge is 0.493 e. The van der Waals surface area contributed by atoms with E-state index >= 15 is 0 Å². The van der Waals surface area contributed by atoms with Gasteiger partial charge in [-0.1, -0.05) is 18.2 Å². The monoisotopic (exact) mass is 350 g/mol. The lowest BCUT2D eigenvalue weighted by Crippen LogP contribution is -2.42. The maximum Gasteiger partial charge on any atom is 0.251 e. The minimum absolute atomic E-state index is 0.0966. The molecule has 0 fully saturated rings. The SMILES string of the molecule is COc1cccc2c1OCC(NC(=O)c1cccc(-n3cnnc3)c1)C2. The second-order valence-electron chi connectivity index (χ2n) is 6.05. The molecular weight excluding hydrogens is 332 g/mol. The average Bonchev–Trinajstić information content (AvgIpc) is 3.22. The number of hydrogen-bond donors (Lipinski definition) is 1. The Bertz CT molecular complexity index is 924. The van der Waals surface area contributed by atoms with E-state index in [9.17, 15) is 4.79 Å². The molecular formula is C19H18N4O3. The third kappa shape index (κ3) is 3.11. The quantitative estimate of drug-likeness (QED) is 0.779. The maximum absolute atomic E-state index is 12.6. The van der Waals surface area contributed by atoms with E-state index in [2.05, 4.69) is 15.5 Å². The van der Waals surface area contributed by atoms with E-state index in [1.807, 2.05) is 30.3 Å². The standard InChI is InChI=1S/C19H18N4O3/c1-25-17-7-3-4-13-8-15(10-26-18(13)17)22-19(24)14-5-2-6-16(9-14)23-11-20-21-12-23/h2-7,9,11-12,15H,8,10H2,1H3,(H,22,24). The number of hydrogen-bond acceptors (Lipinski definition) is 5. The lowest BCUT2D eigenvalue weighted by atomic mass is 10.0. The van der Waals surface area contributed by atoms with Gasteiger partial charge in [0.2, 0.25) is 0 Å². The van der Waals surface area contributed by atoms with Crippen LogP contribution >= 0.6 is 0 Å². The number of nitrogens with zero attached hydrogens (tertiary/aromatic N) is 3. The van der Waals surface area contributed by atoms with Crippen molar-refractivity contribution in [1.82, 2.24) is 20.1 Å². The van der Waals surface area contributed by atoms with Crippen LogP contribution in [0.2, 0.25) is 0 Å². The Hall–Kier alpha value is -3.35. The summed E-state index contributed by atoms with van der Waals surface area (Å²) in [5.41, 5.74) is 2.43. The number of fused-ring (bicyclic) bond motifs is 1. The molecule has 0 saturated heterocycles. The summed E-state index contributed by atoms with van der Waals surface area (Å²) in [5.74, 6) is 1.34. The van der Waals surface area contributed by atoms with Crippen LogP contribution in [0.4, 0.5) is 0 Å². The summed E-state index contributed by atoms with van der Waals surface area (Å²) in [6.45, 7) is 0.407. The topological polar surface area (TPSA) is 78.3 Å². The van der Waals surface area contributed by atoms with Crippen LogP contribution in [-0.2, 0) is 6.42 Å². The molecule has 1 aliphatic rings. The van der Waals surface area contributed by atoms with Crippen LogP contribution in [-0.4, -0.2) is 40.4 Å². The summed E-state index contributed by atoms with van der Waals surface area (Å²) in [6, 6.07) is 13.0. The van der Waals surface area contributed by atoms with Gasteiger partial charge in [0.15, 0.2) is 11.5 Å². The third-order valence-electron chi connectivity index (χ3n) is 4.34. The summed E-state index contributed by atoms with van der Waals surface area (Å²) < 4.78 is 12.9. The molecule has 0 aliphatic carbocycles. The molecule has 1 atom stereocenters. The van der Waals surface area contributed by atoms with Crippen LogP contribution < -0.4 is 14.8 Å². The predicted molar refractivity (Wildman–Crippen MR) is 94.8 cm³/mol. The molecule has 2 heterocycles. The van der Waals surface area contributed by atoms with Crippen molar-refractivity contribution in [1.29, 1.82) is 0 Å². The van der Waals surface area contributed by atoms with E-state index in [0.29, 0.717) is 24.3 Å². The second-order valence-corrected chi connectivity index (χ2v) is 6.05. The molecule has 7 nitrogen and oxygen atoms in total. The first-order valence-corrected chi connectivity index (χ1v) is 8.29. The molecule has 1 aromatic heterocycles. The van der Waals surface area contributed by atoms with Gasteiger partial charge in [0, 0.05) is 16.8 Å². The molecule has 1 aliphatic heterocycles. The van der Waals surface area contributed by atoms with Gasteiger partial charge >= 0.3 is 0 Å². The number of carbonyl (C=O) groups is 1. The van der Waals surface area contributed by atoms with Gasteiger partial charge in [-0.15, -0.1) is 10.2 Å². The Labute approximate surface area is 150 Å². The van der Waals surface area contributed by atoms with Crippen molar-refractivity contribution in [2.24, 2.45) is 0 Å². The van der Waals surface area contributed by atoms with Crippen molar-refractivity contribution in [2.75, 3.05) is 13.7 Å². The Morgan fingerprint density at radius 2 is 2.04 bits per heavy atom. The Morgan fingerprint density at radius 1 is 1.23 bits per heavy atom. The van der Waals surface area contributed by atoms with Gasteiger partial charge in [-0.05, 0) is 30.7 Å². The highest BCUT2D eigenvalue weighted by Gasteiger charge is 2.24. The molecule has 0 saturated carbocycles. The number of benzene rings is 2. The highest BCUT2D eigenvalue weighted by molar-refractivity contribution is 5.95. The first kappa shape index (κ1) is 16.1. The minimum Gasteiger partial charge on any atom is -0.493 e. The number of rotatable bonds is 4. The zero-order valence-corrected chi connectivity index (χ0v) is 14.3. The fourth-order valence-electron chi connectivity index (χ4n) is 3.06. The van der Waals surface area contributed by atoms with Gasteiger partial charge < -0.3 is 14.8 Å². The molecule has 1 N–H and O–H groups in total. The zero-order valence-electron chi connectivity index (χ0n) is 14.3. The van der Waals surface area contributed by atoms with Crippen LogP contribution in [0.25, 0.3) is 5.69 Å². The summed E-state index contributed by atoms with van der Waals surface area (Å²) in [4.78, 5) is 12.6. The second kappa shape index (κ2) is 6.87. The highest BCUT2D eigenvalue weighted by atomic mass is 16.5. The first-order valence-electron chi connectivity index (χ1n) is 8.29. The average molecular weight is 350 g/mol. The molecule has 3 aromatic rings. The van der Waals surface area contributed by atoms with Crippen molar-refractivity contribution >= 4 is 5.91 Å². The van der Waals surface area contributed by atoms with E-state index < -0.39 is 0 Å². The number of carbonyl (C=O) groups excluding carboxylic acids is 1. The minimum atomic E-state index is -0.139. The zero-order chi connectivity index (χ0) is 17.9. The molecule has 0 spiro atoms. The van der Waals surface area contributed by atoms with Gasteiger partial charge in [0.25, 0.3) is 5.91 Å². The van der Waals surface area contributed by atoms with Crippen molar-refractivity contribution < 1.29 is 14.3 Å². The van der Waals surface area contributed by atoms with Gasteiger partial charge in [-0.3, -0.25) is 9.36 Å². The van der Waals surface area contributed by atoms with Crippen LogP contribution in [0.3, 0.4) is 0 Å². The van der Waals surface area contributed by atoms with E-state index in [-0.39, 0.29) is 11.9 Å². The lowest BCUT2D eigenvalue weighted by molar-refractivity contribution is 0.0914. The van der Waals surface area contributed by atoms with Crippen molar-refractivity contribution in [3.63, 3.8) is 0 Å². The van der Waals surface area contributed by atoms with Crippen LogP contribution in [0.5, 0.6) is 11.5 Å². The normalized spacial score (nSPS) is 15.7. The van der Waals surface area contributed by atoms with E-state index in [1.54, 1.807) is 36.5 Å². The molecule has 2 aromatic carbocycles. The summed E-state index contributed by atoms with van der Waals surface area (Å²) in [6.07, 6.45) is 3.88. The molecule has 7 heteroatoms. The highest BCUT2D eigenvalue weighted by Crippen LogP contribution is 2.34.